The Morgan fingerprint density at radius 1 is 1.16 bits per heavy atom. The number of rotatable bonds is 4. The molecule has 1 aromatic carbocycles. The van der Waals surface area contributed by atoms with Gasteiger partial charge in [0.25, 0.3) is 0 Å². The zero-order valence-corrected chi connectivity index (χ0v) is 12.1. The Labute approximate surface area is 116 Å². The highest BCUT2D eigenvalue weighted by Gasteiger charge is 2.10. The summed E-state index contributed by atoms with van der Waals surface area (Å²) in [5.41, 5.74) is 4.55. The van der Waals surface area contributed by atoms with E-state index >= 15 is 0 Å². The second-order valence-corrected chi connectivity index (χ2v) is 5.98. The number of anilines is 1. The number of carbonyl (C=O) groups is 1. The zero-order chi connectivity index (χ0) is 14.0. The quantitative estimate of drug-likeness (QED) is 0.887. The molecule has 0 aliphatic rings. The van der Waals surface area contributed by atoms with Gasteiger partial charge in [-0.25, -0.2) is 4.79 Å². The Morgan fingerprint density at radius 3 is 2.32 bits per heavy atom. The highest BCUT2D eigenvalue weighted by molar-refractivity contribution is 7.14. The first kappa shape index (κ1) is 13.6. The minimum atomic E-state index is -0.856. The average molecular weight is 275 g/mol. The molecule has 0 saturated carbocycles. The normalized spacial score (nSPS) is 10.5. The molecule has 0 unspecified atom stereocenters. The number of nitrogens with one attached hydrogen (secondary N) is 1. The number of hydrogen-bond donors (Lipinski definition) is 2. The van der Waals surface area contributed by atoms with Crippen molar-refractivity contribution in [2.45, 2.75) is 27.3 Å². The van der Waals surface area contributed by atoms with E-state index in [2.05, 4.69) is 37.4 Å². The fourth-order valence-electron chi connectivity index (χ4n) is 2.07. The average Bonchev–Trinajstić information content (AvgIpc) is 2.67. The van der Waals surface area contributed by atoms with Crippen LogP contribution in [0.1, 0.15) is 31.2 Å². The number of aryl methyl sites for hydroxylation is 3. The van der Waals surface area contributed by atoms with Crippen molar-refractivity contribution in [2.24, 2.45) is 0 Å². The minimum absolute atomic E-state index is 0.398. The molecule has 2 N–H and O–H groups in total. The van der Waals surface area contributed by atoms with Crippen molar-refractivity contribution in [1.29, 1.82) is 0 Å². The maximum absolute atomic E-state index is 10.9. The lowest BCUT2D eigenvalue weighted by atomic mass is 10.1. The Bertz CT molecular complexity index is 596. The van der Waals surface area contributed by atoms with Crippen LogP contribution in [-0.4, -0.2) is 11.1 Å². The molecular formula is C15H17NO2S. The summed E-state index contributed by atoms with van der Waals surface area (Å²) in [6.07, 6.45) is 0. The number of aromatic carboxylic acids is 1. The van der Waals surface area contributed by atoms with Gasteiger partial charge in [0.1, 0.15) is 4.88 Å². The number of benzene rings is 1. The molecule has 1 aromatic heterocycles. The van der Waals surface area contributed by atoms with E-state index in [0.29, 0.717) is 11.4 Å². The van der Waals surface area contributed by atoms with Crippen LogP contribution >= 0.6 is 11.3 Å². The molecule has 0 aliphatic heterocycles. The van der Waals surface area contributed by atoms with E-state index in [1.54, 1.807) is 6.07 Å². The van der Waals surface area contributed by atoms with Crippen LogP contribution in [0, 0.1) is 20.8 Å². The molecule has 2 rings (SSSR count). The van der Waals surface area contributed by atoms with Gasteiger partial charge in [0.15, 0.2) is 0 Å². The van der Waals surface area contributed by atoms with Crippen LogP contribution in [0.2, 0.25) is 0 Å². The molecule has 2 aromatic rings. The van der Waals surface area contributed by atoms with E-state index in [9.17, 15) is 4.79 Å². The third-order valence-electron chi connectivity index (χ3n) is 2.94. The number of carboxylic acids is 1. The first-order valence-corrected chi connectivity index (χ1v) is 6.92. The van der Waals surface area contributed by atoms with Gasteiger partial charge < -0.3 is 10.4 Å². The van der Waals surface area contributed by atoms with Crippen molar-refractivity contribution < 1.29 is 9.90 Å². The van der Waals surface area contributed by atoms with Crippen LogP contribution in [0.25, 0.3) is 0 Å². The van der Waals surface area contributed by atoms with E-state index in [4.69, 9.17) is 5.11 Å². The predicted molar refractivity (Wildman–Crippen MR) is 79.3 cm³/mol. The maximum Gasteiger partial charge on any atom is 0.345 e. The highest BCUT2D eigenvalue weighted by atomic mass is 32.1. The third kappa shape index (κ3) is 3.35. The molecule has 19 heavy (non-hydrogen) atoms. The standard InChI is InChI=1S/C15H17NO2S/c1-9-4-10(2)6-13(5-9)16-8-12-7-14(15(17)18)19-11(12)3/h4-7,16H,8H2,1-3H3,(H,17,18). The molecule has 100 valence electrons. The predicted octanol–water partition coefficient (Wildman–Crippen LogP) is 3.98. The largest absolute Gasteiger partial charge is 0.477 e. The van der Waals surface area contributed by atoms with Gasteiger partial charge in [-0.2, -0.15) is 0 Å². The molecular weight excluding hydrogens is 258 g/mol. The van der Waals surface area contributed by atoms with E-state index < -0.39 is 5.97 Å². The lowest BCUT2D eigenvalue weighted by molar-refractivity contribution is 0.0702. The van der Waals surface area contributed by atoms with Crippen LogP contribution < -0.4 is 5.32 Å². The topological polar surface area (TPSA) is 49.3 Å². The molecule has 0 bridgehead atoms. The molecule has 0 radical (unpaired) electrons. The summed E-state index contributed by atoms with van der Waals surface area (Å²) >= 11 is 1.32. The molecule has 0 fully saturated rings. The SMILES string of the molecule is Cc1cc(C)cc(NCc2cc(C(=O)O)sc2C)c1. The molecule has 0 aliphatic carbocycles. The first-order chi connectivity index (χ1) is 8.95. The Morgan fingerprint density at radius 2 is 1.79 bits per heavy atom. The van der Waals surface area contributed by atoms with Crippen molar-refractivity contribution in [3.63, 3.8) is 0 Å². The van der Waals surface area contributed by atoms with Gasteiger partial charge in [0, 0.05) is 17.1 Å². The van der Waals surface area contributed by atoms with Gasteiger partial charge >= 0.3 is 5.97 Å². The van der Waals surface area contributed by atoms with Crippen molar-refractivity contribution in [2.75, 3.05) is 5.32 Å². The number of thiophene rings is 1. The summed E-state index contributed by atoms with van der Waals surface area (Å²) in [7, 11) is 0. The van der Waals surface area contributed by atoms with Gasteiger partial charge in [0.05, 0.1) is 0 Å². The van der Waals surface area contributed by atoms with Crippen LogP contribution in [0.4, 0.5) is 5.69 Å². The van der Waals surface area contributed by atoms with Crippen LogP contribution in [0.3, 0.4) is 0 Å². The molecule has 3 nitrogen and oxygen atoms in total. The van der Waals surface area contributed by atoms with E-state index in [0.717, 1.165) is 16.1 Å². The zero-order valence-electron chi connectivity index (χ0n) is 11.3. The van der Waals surface area contributed by atoms with Crippen LogP contribution in [-0.2, 0) is 6.54 Å². The van der Waals surface area contributed by atoms with Crippen molar-refractivity contribution in [3.8, 4) is 0 Å². The monoisotopic (exact) mass is 275 g/mol. The van der Waals surface area contributed by atoms with Gasteiger partial charge in [-0.3, -0.25) is 0 Å². The Kier molecular flexibility index (Phi) is 3.90. The van der Waals surface area contributed by atoms with Crippen molar-refractivity contribution in [3.05, 3.63) is 50.7 Å². The van der Waals surface area contributed by atoms with Gasteiger partial charge in [-0.15, -0.1) is 11.3 Å². The van der Waals surface area contributed by atoms with E-state index in [1.165, 1.54) is 22.5 Å². The summed E-state index contributed by atoms with van der Waals surface area (Å²) in [4.78, 5) is 12.4. The summed E-state index contributed by atoms with van der Waals surface area (Å²) in [5, 5.41) is 12.3. The van der Waals surface area contributed by atoms with Gasteiger partial charge in [0.2, 0.25) is 0 Å². The summed E-state index contributed by atoms with van der Waals surface area (Å²) < 4.78 is 0. The van der Waals surface area contributed by atoms with Gasteiger partial charge in [-0.1, -0.05) is 6.07 Å². The second kappa shape index (κ2) is 5.45. The first-order valence-electron chi connectivity index (χ1n) is 6.10. The maximum atomic E-state index is 10.9. The fraction of sp³-hybridized carbons (Fsp3) is 0.267. The number of hydrogen-bond acceptors (Lipinski definition) is 3. The third-order valence-corrected chi connectivity index (χ3v) is 4.02. The molecule has 4 heteroatoms. The fourth-order valence-corrected chi connectivity index (χ4v) is 2.96. The van der Waals surface area contributed by atoms with Gasteiger partial charge in [-0.05, 0) is 55.7 Å². The number of carboxylic acid groups (broad SMARTS) is 1. The van der Waals surface area contributed by atoms with Crippen LogP contribution in [0.5, 0.6) is 0 Å². The Balaban J connectivity index is 2.12. The highest BCUT2D eigenvalue weighted by Crippen LogP contribution is 2.23. The van der Waals surface area contributed by atoms with E-state index in [-0.39, 0.29) is 0 Å². The molecule has 0 saturated heterocycles. The second-order valence-electron chi connectivity index (χ2n) is 4.73. The Hall–Kier alpha value is -1.81. The molecule has 0 spiro atoms. The lowest BCUT2D eigenvalue weighted by Crippen LogP contribution is -2.00. The summed E-state index contributed by atoms with van der Waals surface area (Å²) in [5.74, 6) is -0.856. The van der Waals surface area contributed by atoms with Crippen LogP contribution in [0.15, 0.2) is 24.3 Å². The molecule has 0 atom stereocenters. The van der Waals surface area contributed by atoms with Crippen molar-refractivity contribution >= 4 is 23.0 Å². The molecule has 1 heterocycles. The van der Waals surface area contributed by atoms with Crippen molar-refractivity contribution in [1.82, 2.24) is 0 Å². The minimum Gasteiger partial charge on any atom is -0.477 e. The molecule has 0 amide bonds. The summed E-state index contributed by atoms with van der Waals surface area (Å²) in [6.45, 7) is 6.74. The smallest absolute Gasteiger partial charge is 0.345 e. The lowest BCUT2D eigenvalue weighted by Gasteiger charge is -2.08. The van der Waals surface area contributed by atoms with E-state index in [1.807, 2.05) is 6.92 Å². The summed E-state index contributed by atoms with van der Waals surface area (Å²) in [6, 6.07) is 8.06.